The third-order valence-electron chi connectivity index (χ3n) is 2.88. The summed E-state index contributed by atoms with van der Waals surface area (Å²) < 4.78 is 11.8. The Labute approximate surface area is 114 Å². The highest BCUT2D eigenvalue weighted by atomic mass is 35.5. The maximum absolute atomic E-state index is 11.8. The van der Waals surface area contributed by atoms with Crippen LogP contribution in [0.5, 0.6) is 0 Å². The summed E-state index contributed by atoms with van der Waals surface area (Å²) in [5, 5.41) is 4.53. The Balaban J connectivity index is 2.20. The molecule has 0 saturated carbocycles. The van der Waals surface area contributed by atoms with Gasteiger partial charge in [0.1, 0.15) is 0 Å². The minimum atomic E-state index is -0.769. The molecule has 1 aromatic rings. The maximum Gasteiger partial charge on any atom is 0.0595 e. The van der Waals surface area contributed by atoms with Gasteiger partial charge in [0.15, 0.2) is 0 Å². The minimum Gasteiger partial charge on any atom is -0.309 e. The van der Waals surface area contributed by atoms with Crippen LogP contribution in [0.25, 0.3) is 0 Å². The molecule has 1 fully saturated rings. The van der Waals surface area contributed by atoms with Crippen molar-refractivity contribution in [3.63, 3.8) is 0 Å². The summed E-state index contributed by atoms with van der Waals surface area (Å²) in [5.74, 6) is 1.86. The molecule has 0 bridgehead atoms. The molecule has 1 heterocycles. The van der Waals surface area contributed by atoms with E-state index in [2.05, 4.69) is 12.2 Å². The Hall–Kier alpha value is -0.0900. The first-order valence-corrected chi connectivity index (χ1v) is 7.84. The SMILES string of the molecule is CC1CNC(c2ccc(Cl)c(Cl)c2)CS(=O)C1. The van der Waals surface area contributed by atoms with Crippen molar-refractivity contribution in [2.24, 2.45) is 5.92 Å². The Morgan fingerprint density at radius 2 is 2.06 bits per heavy atom. The molecular weight excluding hydrogens is 277 g/mol. The molecule has 0 aromatic heterocycles. The van der Waals surface area contributed by atoms with Gasteiger partial charge in [-0.05, 0) is 30.2 Å². The number of rotatable bonds is 1. The second kappa shape index (κ2) is 5.70. The van der Waals surface area contributed by atoms with Crippen molar-refractivity contribution in [2.45, 2.75) is 13.0 Å². The Morgan fingerprint density at radius 1 is 1.29 bits per heavy atom. The number of nitrogens with one attached hydrogen (secondary N) is 1. The first kappa shape index (κ1) is 13.3. The Bertz CT molecular complexity index is 439. The van der Waals surface area contributed by atoms with E-state index < -0.39 is 10.8 Å². The van der Waals surface area contributed by atoms with E-state index in [0.29, 0.717) is 21.7 Å². The molecular formula is C12H15Cl2NOS. The Kier molecular flexibility index (Phi) is 4.47. The molecule has 2 nitrogen and oxygen atoms in total. The van der Waals surface area contributed by atoms with Crippen molar-refractivity contribution in [1.29, 1.82) is 0 Å². The number of hydrogen-bond acceptors (Lipinski definition) is 2. The van der Waals surface area contributed by atoms with Crippen LogP contribution >= 0.6 is 23.2 Å². The minimum absolute atomic E-state index is 0.107. The van der Waals surface area contributed by atoms with E-state index >= 15 is 0 Å². The quantitative estimate of drug-likeness (QED) is 0.862. The summed E-state index contributed by atoms with van der Waals surface area (Å²) in [6, 6.07) is 5.70. The lowest BCUT2D eigenvalue weighted by atomic mass is 10.1. The molecule has 0 aliphatic carbocycles. The average Bonchev–Trinajstić information content (AvgIpc) is 2.43. The van der Waals surface area contributed by atoms with Crippen LogP contribution in [0.4, 0.5) is 0 Å². The second-order valence-electron chi connectivity index (χ2n) is 4.51. The molecule has 2 rings (SSSR count). The first-order valence-electron chi connectivity index (χ1n) is 5.59. The van der Waals surface area contributed by atoms with Crippen LogP contribution in [-0.4, -0.2) is 22.3 Å². The van der Waals surface area contributed by atoms with Crippen molar-refractivity contribution in [3.8, 4) is 0 Å². The molecule has 1 aliphatic heterocycles. The summed E-state index contributed by atoms with van der Waals surface area (Å²) in [4.78, 5) is 0. The van der Waals surface area contributed by atoms with Gasteiger partial charge in [-0.15, -0.1) is 0 Å². The van der Waals surface area contributed by atoms with Gasteiger partial charge in [-0.1, -0.05) is 36.2 Å². The molecule has 5 heteroatoms. The highest BCUT2D eigenvalue weighted by Gasteiger charge is 2.21. The van der Waals surface area contributed by atoms with E-state index in [4.69, 9.17) is 23.2 Å². The third kappa shape index (κ3) is 3.44. The molecule has 0 spiro atoms. The van der Waals surface area contributed by atoms with Crippen LogP contribution in [0.1, 0.15) is 18.5 Å². The lowest BCUT2D eigenvalue weighted by Crippen LogP contribution is -2.25. The largest absolute Gasteiger partial charge is 0.309 e. The van der Waals surface area contributed by atoms with Crippen LogP contribution in [-0.2, 0) is 10.8 Å². The molecule has 0 radical (unpaired) electrons. The van der Waals surface area contributed by atoms with E-state index in [1.54, 1.807) is 6.07 Å². The van der Waals surface area contributed by atoms with E-state index in [9.17, 15) is 4.21 Å². The summed E-state index contributed by atoms with van der Waals surface area (Å²) in [5.41, 5.74) is 1.06. The topological polar surface area (TPSA) is 29.1 Å². The molecule has 94 valence electrons. The van der Waals surface area contributed by atoms with Gasteiger partial charge in [0.05, 0.1) is 10.0 Å². The molecule has 1 aromatic carbocycles. The summed E-state index contributed by atoms with van der Waals surface area (Å²) in [7, 11) is -0.769. The highest BCUT2D eigenvalue weighted by Crippen LogP contribution is 2.27. The average molecular weight is 292 g/mol. The molecule has 1 N–H and O–H groups in total. The number of hydrogen-bond donors (Lipinski definition) is 1. The lowest BCUT2D eigenvalue weighted by molar-refractivity contribution is 0.517. The third-order valence-corrected chi connectivity index (χ3v) is 5.27. The molecule has 3 unspecified atom stereocenters. The summed E-state index contributed by atoms with van der Waals surface area (Å²) in [6.07, 6.45) is 0. The zero-order valence-corrected chi connectivity index (χ0v) is 11.9. The van der Waals surface area contributed by atoms with Gasteiger partial charge < -0.3 is 5.32 Å². The molecule has 0 amide bonds. The number of benzene rings is 1. The van der Waals surface area contributed by atoms with Crippen molar-refractivity contribution < 1.29 is 4.21 Å². The molecule has 1 saturated heterocycles. The van der Waals surface area contributed by atoms with Gasteiger partial charge in [0.2, 0.25) is 0 Å². The van der Waals surface area contributed by atoms with E-state index in [1.165, 1.54) is 0 Å². The van der Waals surface area contributed by atoms with E-state index in [1.807, 2.05) is 12.1 Å². The zero-order valence-electron chi connectivity index (χ0n) is 9.58. The van der Waals surface area contributed by atoms with Crippen molar-refractivity contribution in [2.75, 3.05) is 18.1 Å². The smallest absolute Gasteiger partial charge is 0.0595 e. The predicted molar refractivity (Wildman–Crippen MR) is 74.2 cm³/mol. The first-order chi connectivity index (χ1) is 8.06. The van der Waals surface area contributed by atoms with Gasteiger partial charge in [0.25, 0.3) is 0 Å². The summed E-state index contributed by atoms with van der Waals surface area (Å²) in [6.45, 7) is 3.00. The monoisotopic (exact) mass is 291 g/mol. The second-order valence-corrected chi connectivity index (χ2v) is 6.87. The van der Waals surface area contributed by atoms with Gasteiger partial charge in [-0.25, -0.2) is 0 Å². The van der Waals surface area contributed by atoms with Gasteiger partial charge in [-0.2, -0.15) is 0 Å². The Morgan fingerprint density at radius 3 is 2.76 bits per heavy atom. The van der Waals surface area contributed by atoms with Gasteiger partial charge in [-0.3, -0.25) is 4.21 Å². The molecule has 1 aliphatic rings. The van der Waals surface area contributed by atoms with Crippen LogP contribution in [0.2, 0.25) is 10.0 Å². The molecule has 17 heavy (non-hydrogen) atoms. The lowest BCUT2D eigenvalue weighted by Gasteiger charge is -2.16. The van der Waals surface area contributed by atoms with E-state index in [-0.39, 0.29) is 6.04 Å². The van der Waals surface area contributed by atoms with Gasteiger partial charge >= 0.3 is 0 Å². The van der Waals surface area contributed by atoms with E-state index in [0.717, 1.165) is 17.9 Å². The fourth-order valence-corrected chi connectivity index (χ4v) is 3.85. The van der Waals surface area contributed by atoms with Crippen LogP contribution in [0, 0.1) is 5.92 Å². The van der Waals surface area contributed by atoms with Crippen LogP contribution < -0.4 is 5.32 Å². The highest BCUT2D eigenvalue weighted by molar-refractivity contribution is 7.85. The fourth-order valence-electron chi connectivity index (χ4n) is 1.98. The predicted octanol–water partition coefficient (Wildman–Crippen LogP) is 3.02. The number of halogens is 2. The molecule has 3 atom stereocenters. The standard InChI is InChI=1S/C12H15Cl2NOS/c1-8-5-15-12(7-17(16)6-8)9-2-3-10(13)11(14)4-9/h2-4,8,12,15H,5-7H2,1H3. The zero-order chi connectivity index (χ0) is 12.4. The van der Waals surface area contributed by atoms with Crippen LogP contribution in [0.3, 0.4) is 0 Å². The van der Waals surface area contributed by atoms with Gasteiger partial charge in [0, 0.05) is 28.3 Å². The maximum atomic E-state index is 11.8. The van der Waals surface area contributed by atoms with Crippen molar-refractivity contribution >= 4 is 34.0 Å². The van der Waals surface area contributed by atoms with Crippen molar-refractivity contribution in [3.05, 3.63) is 33.8 Å². The fraction of sp³-hybridized carbons (Fsp3) is 0.500. The normalized spacial score (nSPS) is 29.9. The van der Waals surface area contributed by atoms with Crippen LogP contribution in [0.15, 0.2) is 18.2 Å². The summed E-state index contributed by atoms with van der Waals surface area (Å²) >= 11 is 11.9. The van der Waals surface area contributed by atoms with Crippen molar-refractivity contribution in [1.82, 2.24) is 5.32 Å².